The van der Waals surface area contributed by atoms with E-state index < -0.39 is 0 Å². The lowest BCUT2D eigenvalue weighted by Gasteiger charge is -2.03. The molecule has 0 bridgehead atoms. The molecule has 1 nitrogen and oxygen atoms in total. The molecule has 0 aliphatic rings. The molecule has 0 aromatic heterocycles. The molecule has 2 heteroatoms. The zero-order valence-electron chi connectivity index (χ0n) is 7.65. The predicted octanol–water partition coefficient (Wildman–Crippen LogP) is 1.84. The SMILES string of the molecule is C=CC[S+](CCO)c1ccccc1. The number of benzene rings is 1. The second-order valence-electron chi connectivity index (χ2n) is 2.69. The van der Waals surface area contributed by atoms with E-state index in [0.717, 1.165) is 11.5 Å². The minimum Gasteiger partial charge on any atom is -0.391 e. The molecule has 0 spiro atoms. The minimum absolute atomic E-state index is 0.144. The van der Waals surface area contributed by atoms with Gasteiger partial charge >= 0.3 is 0 Å². The smallest absolute Gasteiger partial charge is 0.155 e. The first-order chi connectivity index (χ1) is 6.38. The Bertz CT molecular complexity index is 246. The third-order valence-electron chi connectivity index (χ3n) is 1.73. The molecule has 1 N–H and O–H groups in total. The van der Waals surface area contributed by atoms with Gasteiger partial charge in [-0.15, -0.1) is 0 Å². The maximum atomic E-state index is 8.90. The lowest BCUT2D eigenvalue weighted by atomic mass is 10.4. The van der Waals surface area contributed by atoms with Gasteiger partial charge in [-0.05, 0) is 18.2 Å². The van der Waals surface area contributed by atoms with Crippen LogP contribution in [0.5, 0.6) is 0 Å². The Kier molecular flexibility index (Phi) is 4.65. The van der Waals surface area contributed by atoms with Gasteiger partial charge in [-0.3, -0.25) is 0 Å². The summed E-state index contributed by atoms with van der Waals surface area (Å²) in [6, 6.07) is 10.3. The van der Waals surface area contributed by atoms with Crippen LogP contribution in [0.2, 0.25) is 0 Å². The molecule has 13 heavy (non-hydrogen) atoms. The predicted molar refractivity (Wildman–Crippen MR) is 59.1 cm³/mol. The molecule has 0 saturated heterocycles. The summed E-state index contributed by atoms with van der Waals surface area (Å²) in [5.41, 5.74) is 0. The van der Waals surface area contributed by atoms with Gasteiger partial charge in [-0.25, -0.2) is 0 Å². The lowest BCUT2D eigenvalue weighted by molar-refractivity contribution is 0.322. The molecule has 0 fully saturated rings. The highest BCUT2D eigenvalue weighted by molar-refractivity contribution is 7.97. The summed E-state index contributed by atoms with van der Waals surface area (Å²) in [4.78, 5) is 1.32. The Morgan fingerprint density at radius 3 is 2.54 bits per heavy atom. The maximum Gasteiger partial charge on any atom is 0.155 e. The van der Waals surface area contributed by atoms with Crippen molar-refractivity contribution < 1.29 is 5.11 Å². The van der Waals surface area contributed by atoms with Crippen molar-refractivity contribution in [2.75, 3.05) is 18.1 Å². The molecule has 1 atom stereocenters. The monoisotopic (exact) mass is 195 g/mol. The van der Waals surface area contributed by atoms with Crippen LogP contribution in [-0.4, -0.2) is 23.2 Å². The summed E-state index contributed by atoms with van der Waals surface area (Å²) in [6.07, 6.45) is 1.92. The van der Waals surface area contributed by atoms with E-state index in [-0.39, 0.29) is 17.5 Å². The molecule has 0 aliphatic heterocycles. The Morgan fingerprint density at radius 1 is 1.31 bits per heavy atom. The Balaban J connectivity index is 2.69. The number of aliphatic hydroxyl groups excluding tert-OH is 1. The third kappa shape index (κ3) is 3.25. The molecule has 0 amide bonds. The van der Waals surface area contributed by atoms with Crippen molar-refractivity contribution in [2.45, 2.75) is 4.90 Å². The van der Waals surface area contributed by atoms with Crippen molar-refractivity contribution >= 4 is 10.9 Å². The van der Waals surface area contributed by atoms with Gasteiger partial charge in [0.15, 0.2) is 4.90 Å². The molecule has 0 radical (unpaired) electrons. The van der Waals surface area contributed by atoms with Crippen molar-refractivity contribution in [3.8, 4) is 0 Å². The van der Waals surface area contributed by atoms with Crippen LogP contribution in [0.1, 0.15) is 0 Å². The van der Waals surface area contributed by atoms with E-state index in [4.69, 9.17) is 5.11 Å². The fraction of sp³-hybridized carbons (Fsp3) is 0.273. The molecule has 1 aromatic rings. The number of rotatable bonds is 5. The molecule has 1 rings (SSSR count). The minimum atomic E-state index is 0.144. The van der Waals surface area contributed by atoms with Crippen LogP contribution < -0.4 is 0 Å². The summed E-state index contributed by atoms with van der Waals surface area (Å²) < 4.78 is 0. The molecule has 0 saturated carbocycles. The topological polar surface area (TPSA) is 20.2 Å². The van der Waals surface area contributed by atoms with E-state index in [2.05, 4.69) is 18.7 Å². The Morgan fingerprint density at radius 2 is 2.00 bits per heavy atom. The second kappa shape index (κ2) is 5.84. The van der Waals surface area contributed by atoms with Crippen LogP contribution >= 0.6 is 0 Å². The van der Waals surface area contributed by atoms with Crippen LogP contribution in [-0.2, 0) is 10.9 Å². The van der Waals surface area contributed by atoms with Gasteiger partial charge in [0.05, 0.1) is 6.61 Å². The molecule has 0 aliphatic carbocycles. The van der Waals surface area contributed by atoms with Gasteiger partial charge < -0.3 is 5.11 Å². The zero-order valence-corrected chi connectivity index (χ0v) is 8.46. The standard InChI is InChI=1S/C11H15OS/c1-2-9-13(10-8-12)11-6-4-3-5-7-11/h2-7,12H,1,8-10H2/q+1. The molecule has 0 heterocycles. The highest BCUT2D eigenvalue weighted by Gasteiger charge is 2.18. The van der Waals surface area contributed by atoms with Crippen molar-refractivity contribution in [3.63, 3.8) is 0 Å². The largest absolute Gasteiger partial charge is 0.391 e. The first-order valence-corrected chi connectivity index (χ1v) is 5.89. The molecule has 70 valence electrons. The summed E-state index contributed by atoms with van der Waals surface area (Å²) in [5, 5.41) is 8.90. The van der Waals surface area contributed by atoms with Gasteiger partial charge in [0, 0.05) is 10.9 Å². The molecule has 1 aromatic carbocycles. The summed E-state index contributed by atoms with van der Waals surface area (Å²) >= 11 is 0. The number of hydrogen-bond acceptors (Lipinski definition) is 1. The molecule has 1 unspecified atom stereocenters. The van der Waals surface area contributed by atoms with Gasteiger partial charge in [-0.2, -0.15) is 0 Å². The van der Waals surface area contributed by atoms with Crippen LogP contribution in [0.25, 0.3) is 0 Å². The van der Waals surface area contributed by atoms with Crippen LogP contribution in [0.3, 0.4) is 0 Å². The van der Waals surface area contributed by atoms with E-state index in [1.54, 1.807) is 0 Å². The quantitative estimate of drug-likeness (QED) is 0.561. The Labute approximate surface area is 82.5 Å². The van der Waals surface area contributed by atoms with Crippen LogP contribution in [0.4, 0.5) is 0 Å². The van der Waals surface area contributed by atoms with E-state index in [1.165, 1.54) is 4.90 Å². The highest BCUT2D eigenvalue weighted by atomic mass is 32.2. The Hall–Kier alpha value is -0.730. The van der Waals surface area contributed by atoms with E-state index >= 15 is 0 Å². The third-order valence-corrected chi connectivity index (χ3v) is 3.99. The van der Waals surface area contributed by atoms with Gasteiger partial charge in [0.25, 0.3) is 0 Å². The van der Waals surface area contributed by atoms with Gasteiger partial charge in [0.2, 0.25) is 0 Å². The van der Waals surface area contributed by atoms with Gasteiger partial charge in [-0.1, -0.05) is 24.8 Å². The second-order valence-corrected chi connectivity index (χ2v) is 4.89. The molecular weight excluding hydrogens is 180 g/mol. The van der Waals surface area contributed by atoms with E-state index in [0.29, 0.717) is 0 Å². The summed E-state index contributed by atoms with van der Waals surface area (Å²) in [5.74, 6) is 1.81. The van der Waals surface area contributed by atoms with Crippen LogP contribution in [0, 0.1) is 0 Å². The fourth-order valence-corrected chi connectivity index (χ4v) is 2.80. The maximum absolute atomic E-state index is 8.90. The lowest BCUT2D eigenvalue weighted by Crippen LogP contribution is -2.13. The van der Waals surface area contributed by atoms with Crippen molar-refractivity contribution in [1.29, 1.82) is 0 Å². The van der Waals surface area contributed by atoms with E-state index in [1.807, 2.05) is 24.3 Å². The summed E-state index contributed by atoms with van der Waals surface area (Å²) in [6.45, 7) is 3.99. The van der Waals surface area contributed by atoms with Gasteiger partial charge in [0.1, 0.15) is 11.5 Å². The van der Waals surface area contributed by atoms with Crippen molar-refractivity contribution in [3.05, 3.63) is 43.0 Å². The van der Waals surface area contributed by atoms with Crippen molar-refractivity contribution in [2.24, 2.45) is 0 Å². The zero-order chi connectivity index (χ0) is 9.52. The molecular formula is C11H15OS+. The normalized spacial score (nSPS) is 12.4. The average molecular weight is 195 g/mol. The first-order valence-electron chi connectivity index (χ1n) is 4.32. The number of hydrogen-bond donors (Lipinski definition) is 1. The first kappa shape index (κ1) is 10.4. The average Bonchev–Trinajstić information content (AvgIpc) is 2.19. The summed E-state index contributed by atoms with van der Waals surface area (Å²) in [7, 11) is 0.144. The fourth-order valence-electron chi connectivity index (χ4n) is 1.16. The highest BCUT2D eigenvalue weighted by Crippen LogP contribution is 2.13. The van der Waals surface area contributed by atoms with Crippen LogP contribution in [0.15, 0.2) is 47.9 Å². The number of aliphatic hydroxyl groups is 1. The van der Waals surface area contributed by atoms with E-state index in [9.17, 15) is 0 Å². The van der Waals surface area contributed by atoms with Crippen molar-refractivity contribution in [1.82, 2.24) is 0 Å².